The smallest absolute Gasteiger partial charge is 0.328 e. The van der Waals surface area contributed by atoms with Crippen LogP contribution in [0.3, 0.4) is 0 Å². The number of aromatic nitrogens is 2. The van der Waals surface area contributed by atoms with Gasteiger partial charge in [-0.25, -0.2) is 14.2 Å². The highest BCUT2D eigenvalue weighted by Gasteiger charge is 2.22. The molecule has 0 aliphatic heterocycles. The first-order chi connectivity index (χ1) is 12.4. The third-order valence-electron chi connectivity index (χ3n) is 3.84. The van der Waals surface area contributed by atoms with Gasteiger partial charge < -0.3 is 10.1 Å². The number of benzene rings is 1. The number of aryl methyl sites for hydroxylation is 1. The van der Waals surface area contributed by atoms with Crippen LogP contribution in [0.25, 0.3) is 10.9 Å². The number of rotatable bonds is 7. The van der Waals surface area contributed by atoms with Crippen molar-refractivity contribution in [1.29, 1.82) is 0 Å². The first-order valence-corrected chi connectivity index (χ1v) is 9.29. The molecule has 1 heterocycles. The Balaban J connectivity index is 2.25. The van der Waals surface area contributed by atoms with Gasteiger partial charge in [-0.2, -0.15) is 11.8 Å². The number of thioether (sulfide) groups is 1. The summed E-state index contributed by atoms with van der Waals surface area (Å²) < 4.78 is 19.3. The van der Waals surface area contributed by atoms with Crippen molar-refractivity contribution in [3.8, 4) is 0 Å². The van der Waals surface area contributed by atoms with Crippen LogP contribution in [0.2, 0.25) is 0 Å². The molecule has 2 rings (SSSR count). The van der Waals surface area contributed by atoms with Gasteiger partial charge in [0.05, 0.1) is 18.0 Å². The molecule has 1 aromatic heterocycles. The van der Waals surface area contributed by atoms with E-state index in [1.165, 1.54) is 31.0 Å². The zero-order valence-corrected chi connectivity index (χ0v) is 15.6. The zero-order valence-electron chi connectivity index (χ0n) is 14.7. The number of nitrogens with zero attached hydrogens (tertiary/aromatic N) is 2. The number of nitrogens with one attached hydrogen (secondary N) is 1. The minimum Gasteiger partial charge on any atom is -0.467 e. The number of halogens is 1. The topological polar surface area (TPSA) is 90.3 Å². The SMILES string of the molecule is COC(=O)[C@@H](CCSC)NC(=O)Cn1c(C)nc2ccc(F)cc2c1=O. The van der Waals surface area contributed by atoms with E-state index in [-0.39, 0.29) is 11.9 Å². The van der Waals surface area contributed by atoms with Crippen molar-refractivity contribution in [3.63, 3.8) is 0 Å². The number of methoxy groups -OCH3 is 1. The lowest BCUT2D eigenvalue weighted by Gasteiger charge is -2.17. The Morgan fingerprint density at radius 2 is 2.15 bits per heavy atom. The number of esters is 1. The quantitative estimate of drug-likeness (QED) is 0.726. The van der Waals surface area contributed by atoms with Gasteiger partial charge in [0.2, 0.25) is 5.91 Å². The molecule has 0 unspecified atom stereocenters. The van der Waals surface area contributed by atoms with Gasteiger partial charge in [-0.15, -0.1) is 0 Å². The Morgan fingerprint density at radius 1 is 1.42 bits per heavy atom. The lowest BCUT2D eigenvalue weighted by Crippen LogP contribution is -2.44. The predicted molar refractivity (Wildman–Crippen MR) is 97.6 cm³/mol. The average molecular weight is 381 g/mol. The number of carbonyl (C=O) groups is 2. The molecule has 0 aliphatic rings. The van der Waals surface area contributed by atoms with Crippen LogP contribution in [-0.2, 0) is 20.9 Å². The molecule has 26 heavy (non-hydrogen) atoms. The first-order valence-electron chi connectivity index (χ1n) is 7.90. The van der Waals surface area contributed by atoms with E-state index in [9.17, 15) is 18.8 Å². The summed E-state index contributed by atoms with van der Waals surface area (Å²) >= 11 is 1.54. The summed E-state index contributed by atoms with van der Waals surface area (Å²) in [6.45, 7) is 1.26. The fourth-order valence-electron chi connectivity index (χ4n) is 2.50. The molecule has 1 amide bonds. The monoisotopic (exact) mass is 381 g/mol. The lowest BCUT2D eigenvalue weighted by atomic mass is 10.2. The fourth-order valence-corrected chi connectivity index (χ4v) is 2.97. The molecule has 2 aromatic rings. The van der Waals surface area contributed by atoms with Gasteiger partial charge in [0, 0.05) is 0 Å². The molecule has 140 valence electrons. The normalized spacial score (nSPS) is 12.0. The van der Waals surface area contributed by atoms with Crippen LogP contribution in [0.5, 0.6) is 0 Å². The van der Waals surface area contributed by atoms with Gasteiger partial charge in [0.1, 0.15) is 24.2 Å². The Morgan fingerprint density at radius 3 is 2.81 bits per heavy atom. The van der Waals surface area contributed by atoms with Crippen LogP contribution in [0.15, 0.2) is 23.0 Å². The van der Waals surface area contributed by atoms with Crippen LogP contribution in [0.1, 0.15) is 12.2 Å². The van der Waals surface area contributed by atoms with Gasteiger partial charge in [0.25, 0.3) is 5.56 Å². The van der Waals surface area contributed by atoms with Gasteiger partial charge in [-0.05, 0) is 43.6 Å². The molecule has 0 aliphatic carbocycles. The molecule has 0 fully saturated rings. The summed E-state index contributed by atoms with van der Waals surface area (Å²) in [6.07, 6.45) is 2.30. The molecule has 0 radical (unpaired) electrons. The summed E-state index contributed by atoms with van der Waals surface area (Å²) in [4.78, 5) is 40.9. The molecule has 0 saturated carbocycles. The average Bonchev–Trinajstić information content (AvgIpc) is 2.62. The van der Waals surface area contributed by atoms with Crippen molar-refractivity contribution in [3.05, 3.63) is 40.2 Å². The first kappa shape index (κ1) is 19.9. The third kappa shape index (κ3) is 4.60. The molecule has 9 heteroatoms. The summed E-state index contributed by atoms with van der Waals surface area (Å²) in [5.41, 5.74) is -0.154. The summed E-state index contributed by atoms with van der Waals surface area (Å²) in [5, 5.41) is 2.67. The predicted octanol–water partition coefficient (Wildman–Crippen LogP) is 1.25. The second-order valence-corrected chi connectivity index (χ2v) is 6.62. The maximum atomic E-state index is 13.4. The number of ether oxygens (including phenoxy) is 1. The van der Waals surface area contributed by atoms with E-state index >= 15 is 0 Å². The summed E-state index contributed by atoms with van der Waals surface area (Å²) in [5.74, 6) is -0.642. The van der Waals surface area contributed by atoms with Crippen molar-refractivity contribution in [2.24, 2.45) is 0 Å². The number of hydrogen-bond acceptors (Lipinski definition) is 6. The van der Waals surface area contributed by atoms with E-state index in [0.29, 0.717) is 23.5 Å². The highest BCUT2D eigenvalue weighted by Crippen LogP contribution is 2.10. The number of amides is 1. The van der Waals surface area contributed by atoms with Crippen LogP contribution in [-0.4, -0.2) is 46.6 Å². The molecular formula is C17H20FN3O4S. The minimum atomic E-state index is -0.790. The maximum absolute atomic E-state index is 13.4. The lowest BCUT2D eigenvalue weighted by molar-refractivity contribution is -0.145. The number of carbonyl (C=O) groups excluding carboxylic acids is 2. The van der Waals surface area contributed by atoms with E-state index in [4.69, 9.17) is 4.74 Å². The number of fused-ring (bicyclic) bond motifs is 1. The van der Waals surface area contributed by atoms with Crippen LogP contribution < -0.4 is 10.9 Å². The Hall–Kier alpha value is -2.42. The Kier molecular flexibility index (Phi) is 6.73. The molecule has 0 bridgehead atoms. The van der Waals surface area contributed by atoms with Crippen LogP contribution in [0, 0.1) is 12.7 Å². The van der Waals surface area contributed by atoms with Gasteiger partial charge in [0.15, 0.2) is 0 Å². The summed E-state index contributed by atoms with van der Waals surface area (Å²) in [7, 11) is 1.25. The van der Waals surface area contributed by atoms with Crippen molar-refractivity contribution in [1.82, 2.24) is 14.9 Å². The largest absolute Gasteiger partial charge is 0.467 e. The number of hydrogen-bond donors (Lipinski definition) is 1. The van der Waals surface area contributed by atoms with Crippen molar-refractivity contribution >= 4 is 34.5 Å². The molecule has 7 nitrogen and oxygen atoms in total. The fraction of sp³-hybridized carbons (Fsp3) is 0.412. The highest BCUT2D eigenvalue weighted by molar-refractivity contribution is 7.98. The van der Waals surface area contributed by atoms with E-state index in [1.54, 1.807) is 6.92 Å². The van der Waals surface area contributed by atoms with E-state index in [0.717, 1.165) is 10.6 Å². The molecule has 0 saturated heterocycles. The van der Waals surface area contributed by atoms with Crippen molar-refractivity contribution in [2.45, 2.75) is 25.9 Å². The second-order valence-electron chi connectivity index (χ2n) is 5.64. The van der Waals surface area contributed by atoms with E-state index in [1.807, 2.05) is 6.26 Å². The Bertz CT molecular complexity index is 884. The maximum Gasteiger partial charge on any atom is 0.328 e. The van der Waals surface area contributed by atoms with E-state index in [2.05, 4.69) is 10.3 Å². The van der Waals surface area contributed by atoms with Crippen molar-refractivity contribution in [2.75, 3.05) is 19.1 Å². The van der Waals surface area contributed by atoms with Gasteiger partial charge >= 0.3 is 5.97 Å². The van der Waals surface area contributed by atoms with Crippen LogP contribution >= 0.6 is 11.8 Å². The standard InChI is InChI=1S/C17H20FN3O4S/c1-10-19-13-5-4-11(18)8-12(13)16(23)21(10)9-15(22)20-14(6-7-26-3)17(24)25-2/h4-5,8,14H,6-7,9H2,1-3H3,(H,20,22)/t14-/m1/s1. The van der Waals surface area contributed by atoms with Crippen molar-refractivity contribution < 1.29 is 18.7 Å². The molecule has 1 aromatic carbocycles. The van der Waals surface area contributed by atoms with E-state index < -0.39 is 29.3 Å². The second kappa shape index (κ2) is 8.79. The molecule has 0 spiro atoms. The molecule has 1 N–H and O–H groups in total. The molecule has 1 atom stereocenters. The van der Waals surface area contributed by atoms with Gasteiger partial charge in [-0.1, -0.05) is 0 Å². The Labute approximate surface area is 153 Å². The van der Waals surface area contributed by atoms with Gasteiger partial charge in [-0.3, -0.25) is 14.2 Å². The summed E-state index contributed by atoms with van der Waals surface area (Å²) in [6, 6.07) is 2.94. The highest BCUT2D eigenvalue weighted by atomic mass is 32.2. The zero-order chi connectivity index (χ0) is 19.3. The third-order valence-corrected chi connectivity index (χ3v) is 4.48. The van der Waals surface area contributed by atoms with Crippen LogP contribution in [0.4, 0.5) is 4.39 Å². The molecular weight excluding hydrogens is 361 g/mol. The minimum absolute atomic E-state index is 0.0929.